The topological polar surface area (TPSA) is 125 Å². The summed E-state index contributed by atoms with van der Waals surface area (Å²) in [6.07, 6.45) is 4.88. The van der Waals surface area contributed by atoms with Gasteiger partial charge in [0.05, 0.1) is 24.4 Å². The van der Waals surface area contributed by atoms with Crippen molar-refractivity contribution in [2.24, 2.45) is 10.8 Å². The lowest BCUT2D eigenvalue weighted by Crippen LogP contribution is -2.52. The summed E-state index contributed by atoms with van der Waals surface area (Å²) in [5.74, 6) is -1.31. The normalized spacial score (nSPS) is 15.6. The molecule has 2 atom stereocenters. The maximum Gasteiger partial charge on any atom is 0.509 e. The molecule has 11 heteroatoms. The van der Waals surface area contributed by atoms with E-state index in [1.165, 1.54) is 26.4 Å². The summed E-state index contributed by atoms with van der Waals surface area (Å²) in [7, 11) is 0. The average Bonchev–Trinajstić information content (AvgIpc) is 2.88. The van der Waals surface area contributed by atoms with Crippen LogP contribution in [0.4, 0.5) is 4.79 Å². The van der Waals surface area contributed by atoms with Crippen molar-refractivity contribution >= 4 is 18.1 Å². The molecule has 0 rings (SSSR count). The molecule has 0 heterocycles. The van der Waals surface area contributed by atoms with Crippen LogP contribution >= 0.6 is 0 Å². The molecule has 0 spiro atoms. The Labute approximate surface area is 252 Å². The van der Waals surface area contributed by atoms with Gasteiger partial charge in [-0.3, -0.25) is 0 Å². The van der Waals surface area contributed by atoms with Gasteiger partial charge in [-0.05, 0) is 40.5 Å². The van der Waals surface area contributed by atoms with Crippen molar-refractivity contribution in [1.29, 1.82) is 0 Å². The third-order valence-corrected chi connectivity index (χ3v) is 7.14. The van der Waals surface area contributed by atoms with Crippen molar-refractivity contribution in [2.75, 3.05) is 26.4 Å². The van der Waals surface area contributed by atoms with Crippen LogP contribution in [0.3, 0.4) is 0 Å². The third-order valence-electron chi connectivity index (χ3n) is 7.14. The van der Waals surface area contributed by atoms with E-state index in [9.17, 15) is 14.4 Å². The minimum atomic E-state index is -1.28. The van der Waals surface area contributed by atoms with Gasteiger partial charge in [0.25, 0.3) is 0 Å². The van der Waals surface area contributed by atoms with Crippen molar-refractivity contribution in [3.63, 3.8) is 0 Å². The van der Waals surface area contributed by atoms with E-state index in [1.807, 2.05) is 55.4 Å². The minimum absolute atomic E-state index is 0.176. The number of rotatable bonds is 18. The molecule has 0 fully saturated rings. The Morgan fingerprint density at radius 1 is 0.595 bits per heavy atom. The molecule has 244 valence electrons. The lowest BCUT2D eigenvalue weighted by atomic mass is 9.78. The zero-order valence-corrected chi connectivity index (χ0v) is 27.8. The van der Waals surface area contributed by atoms with Gasteiger partial charge in [0.1, 0.15) is 25.7 Å². The fourth-order valence-electron chi connectivity index (χ4n) is 2.63. The zero-order chi connectivity index (χ0) is 32.6. The van der Waals surface area contributed by atoms with Gasteiger partial charge >= 0.3 is 18.1 Å². The molecule has 0 aliphatic heterocycles. The highest BCUT2D eigenvalue weighted by Gasteiger charge is 2.47. The van der Waals surface area contributed by atoms with E-state index >= 15 is 0 Å². The van der Waals surface area contributed by atoms with E-state index in [2.05, 4.69) is 0 Å². The minimum Gasteiger partial charge on any atom is -0.458 e. The molecule has 0 bridgehead atoms. The summed E-state index contributed by atoms with van der Waals surface area (Å²) in [4.78, 5) is 58.1. The van der Waals surface area contributed by atoms with Crippen molar-refractivity contribution < 1.29 is 52.9 Å². The Hall–Kier alpha value is -2.79. The molecule has 0 aromatic carbocycles. The SMILES string of the molecule is CCCCOO/C=C(\C)C(=O)OCC(C)(OC(=O)OC(C)(COC(=O)/C(C)=C/OOCCCC)C(C)(C)C)C(C)(C)C. The van der Waals surface area contributed by atoms with Crippen LogP contribution in [-0.2, 0) is 48.1 Å². The van der Waals surface area contributed by atoms with E-state index in [0.29, 0.717) is 13.2 Å². The molecule has 0 aliphatic carbocycles. The van der Waals surface area contributed by atoms with Crippen LogP contribution in [-0.4, -0.2) is 55.7 Å². The van der Waals surface area contributed by atoms with Crippen LogP contribution in [0.15, 0.2) is 23.7 Å². The zero-order valence-electron chi connectivity index (χ0n) is 27.8. The molecule has 2 unspecified atom stereocenters. The van der Waals surface area contributed by atoms with Crippen LogP contribution in [0, 0.1) is 10.8 Å². The van der Waals surface area contributed by atoms with Gasteiger partial charge in [-0.2, -0.15) is 9.78 Å². The standard InChI is InChI=1S/C31H54O11/c1-13-15-17-37-39-19-23(3)25(32)35-21-30(11,28(5,6)7)41-27(34)42-31(12,29(8,9)10)22-36-26(33)24(4)20-40-38-18-16-14-2/h19-20H,13-18,21-22H2,1-12H3/b23-19+,24-20+. The van der Waals surface area contributed by atoms with Crippen molar-refractivity contribution in [1.82, 2.24) is 0 Å². The van der Waals surface area contributed by atoms with E-state index in [1.54, 1.807) is 13.8 Å². The first-order valence-corrected chi connectivity index (χ1v) is 14.5. The molecule has 0 aromatic rings. The number of carbonyl (C=O) groups is 3. The molecule has 42 heavy (non-hydrogen) atoms. The Morgan fingerprint density at radius 2 is 0.929 bits per heavy atom. The highest BCUT2D eigenvalue weighted by molar-refractivity contribution is 5.87. The van der Waals surface area contributed by atoms with Crippen molar-refractivity contribution in [3.8, 4) is 0 Å². The highest BCUT2D eigenvalue weighted by Crippen LogP contribution is 2.38. The van der Waals surface area contributed by atoms with Crippen LogP contribution in [0.1, 0.15) is 109 Å². The Balaban J connectivity index is 5.42. The molecule has 0 aliphatic rings. The number of unbranched alkanes of at least 4 members (excludes halogenated alkanes) is 2. The average molecular weight is 603 g/mol. The lowest BCUT2D eigenvalue weighted by molar-refractivity contribution is -0.249. The monoisotopic (exact) mass is 602 g/mol. The molecular weight excluding hydrogens is 548 g/mol. The molecule has 0 amide bonds. The van der Waals surface area contributed by atoms with Crippen LogP contribution in [0.5, 0.6) is 0 Å². The Morgan fingerprint density at radius 3 is 1.21 bits per heavy atom. The van der Waals surface area contributed by atoms with Crippen molar-refractivity contribution in [3.05, 3.63) is 23.7 Å². The maximum absolute atomic E-state index is 13.2. The van der Waals surface area contributed by atoms with Gasteiger partial charge in [0.15, 0.2) is 11.2 Å². The van der Waals surface area contributed by atoms with Gasteiger partial charge in [0.2, 0.25) is 0 Å². The molecule has 0 saturated heterocycles. The lowest BCUT2D eigenvalue weighted by Gasteiger charge is -2.43. The van der Waals surface area contributed by atoms with Crippen LogP contribution < -0.4 is 0 Å². The number of hydrogen-bond donors (Lipinski definition) is 0. The first kappa shape index (κ1) is 39.2. The number of hydrogen-bond acceptors (Lipinski definition) is 11. The molecule has 0 radical (unpaired) electrons. The second-order valence-electron chi connectivity index (χ2n) is 12.7. The molecule has 0 N–H and O–H groups in total. The largest absolute Gasteiger partial charge is 0.509 e. The van der Waals surface area contributed by atoms with Crippen LogP contribution in [0.25, 0.3) is 0 Å². The summed E-state index contributed by atoms with van der Waals surface area (Å²) in [5.41, 5.74) is -3.51. The summed E-state index contributed by atoms with van der Waals surface area (Å²) < 4.78 is 22.5. The third kappa shape index (κ3) is 13.9. The summed E-state index contributed by atoms with van der Waals surface area (Å²) in [6, 6.07) is 0. The van der Waals surface area contributed by atoms with Crippen LogP contribution in [0.2, 0.25) is 0 Å². The van der Waals surface area contributed by atoms with Gasteiger partial charge in [-0.1, -0.05) is 68.2 Å². The second-order valence-corrected chi connectivity index (χ2v) is 12.7. The highest BCUT2D eigenvalue weighted by atomic mass is 17.2. The number of esters is 2. The predicted molar refractivity (Wildman–Crippen MR) is 157 cm³/mol. The van der Waals surface area contributed by atoms with E-state index < -0.39 is 40.1 Å². The maximum atomic E-state index is 13.2. The van der Waals surface area contributed by atoms with Gasteiger partial charge < -0.3 is 28.7 Å². The van der Waals surface area contributed by atoms with E-state index in [-0.39, 0.29) is 24.4 Å². The van der Waals surface area contributed by atoms with Gasteiger partial charge in [0, 0.05) is 10.8 Å². The molecule has 0 aromatic heterocycles. The molecule has 11 nitrogen and oxygen atoms in total. The summed E-state index contributed by atoms with van der Waals surface area (Å²) in [5, 5.41) is 0. The first-order valence-electron chi connectivity index (χ1n) is 14.5. The Kier molecular flexibility index (Phi) is 16.8. The van der Waals surface area contributed by atoms with Gasteiger partial charge in [-0.15, -0.1) is 0 Å². The fourth-order valence-corrected chi connectivity index (χ4v) is 2.63. The summed E-state index contributed by atoms with van der Waals surface area (Å²) in [6.45, 7) is 21.7. The number of carbonyl (C=O) groups excluding carboxylic acids is 3. The fraction of sp³-hybridized carbons (Fsp3) is 0.774. The van der Waals surface area contributed by atoms with Gasteiger partial charge in [-0.25, -0.2) is 14.4 Å². The van der Waals surface area contributed by atoms with E-state index in [4.69, 9.17) is 38.5 Å². The smallest absolute Gasteiger partial charge is 0.458 e. The first-order chi connectivity index (χ1) is 19.3. The van der Waals surface area contributed by atoms with Crippen molar-refractivity contribution in [2.45, 2.75) is 120 Å². The quantitative estimate of drug-likeness (QED) is 0.0302. The predicted octanol–water partition coefficient (Wildman–Crippen LogP) is 7.14. The molecule has 0 saturated carbocycles. The molecular formula is C31H54O11. The number of ether oxygens (including phenoxy) is 4. The second kappa shape index (κ2) is 18.0. The van der Waals surface area contributed by atoms with E-state index in [0.717, 1.165) is 25.7 Å². The summed E-state index contributed by atoms with van der Waals surface area (Å²) >= 11 is 0. The Bertz CT molecular complexity index is 839.